The van der Waals surface area contributed by atoms with E-state index in [9.17, 15) is 4.79 Å². The van der Waals surface area contributed by atoms with Gasteiger partial charge in [0, 0.05) is 18.6 Å². The van der Waals surface area contributed by atoms with Gasteiger partial charge in [0.05, 0.1) is 12.7 Å². The van der Waals surface area contributed by atoms with Crippen LogP contribution in [0, 0.1) is 0 Å². The highest BCUT2D eigenvalue weighted by Gasteiger charge is 2.13. The first-order valence-corrected chi connectivity index (χ1v) is 7.51. The number of hydrogen-bond acceptors (Lipinski definition) is 4. The summed E-state index contributed by atoms with van der Waals surface area (Å²) < 4.78 is 10.8. The lowest BCUT2D eigenvalue weighted by Gasteiger charge is -2.15. The minimum absolute atomic E-state index is 0.0593. The maximum absolute atomic E-state index is 11.7. The Balaban J connectivity index is 2.07. The molecule has 0 N–H and O–H groups in total. The van der Waals surface area contributed by atoms with Gasteiger partial charge < -0.3 is 9.47 Å². The molecule has 0 spiro atoms. The van der Waals surface area contributed by atoms with Crippen LogP contribution >= 0.6 is 11.6 Å². The van der Waals surface area contributed by atoms with Crippen molar-refractivity contribution in [2.45, 2.75) is 26.4 Å². The van der Waals surface area contributed by atoms with E-state index in [0.29, 0.717) is 5.75 Å². The highest BCUT2D eigenvalue weighted by Crippen LogP contribution is 2.20. The lowest BCUT2D eigenvalue weighted by atomic mass is 10.1. The lowest BCUT2D eigenvalue weighted by Crippen LogP contribution is -2.16. The van der Waals surface area contributed by atoms with Gasteiger partial charge in [-0.05, 0) is 19.4 Å². The number of carbonyl (C=O) groups is 1. The second-order valence-electron chi connectivity index (χ2n) is 4.85. The summed E-state index contributed by atoms with van der Waals surface area (Å²) in [7, 11) is 0. The van der Waals surface area contributed by atoms with E-state index >= 15 is 0 Å². The van der Waals surface area contributed by atoms with Crippen LogP contribution in [0.1, 0.15) is 29.9 Å². The van der Waals surface area contributed by atoms with E-state index in [0.717, 1.165) is 6.42 Å². The Morgan fingerprint density at radius 3 is 2.68 bits per heavy atom. The van der Waals surface area contributed by atoms with Gasteiger partial charge in [0.2, 0.25) is 0 Å². The Hall–Kier alpha value is -2.07. The number of nitrogens with zero attached hydrogens (tertiary/aromatic N) is 1. The van der Waals surface area contributed by atoms with E-state index < -0.39 is 5.97 Å². The molecular weight excluding hydrogens is 302 g/mol. The zero-order valence-corrected chi connectivity index (χ0v) is 13.3. The summed E-state index contributed by atoms with van der Waals surface area (Å²) in [6, 6.07) is 13.2. The van der Waals surface area contributed by atoms with Gasteiger partial charge in [0.1, 0.15) is 10.9 Å². The summed E-state index contributed by atoms with van der Waals surface area (Å²) in [6.07, 6.45) is 0.700. The summed E-state index contributed by atoms with van der Waals surface area (Å²) in [6.45, 7) is 3.99. The summed E-state index contributed by atoms with van der Waals surface area (Å²) in [4.78, 5) is 15.7. The Bertz CT molecular complexity index is 631. The van der Waals surface area contributed by atoms with Crippen LogP contribution in [0.3, 0.4) is 0 Å². The van der Waals surface area contributed by atoms with Crippen molar-refractivity contribution in [3.63, 3.8) is 0 Å². The van der Waals surface area contributed by atoms with Gasteiger partial charge in [-0.15, -0.1) is 0 Å². The van der Waals surface area contributed by atoms with Crippen molar-refractivity contribution >= 4 is 17.6 Å². The van der Waals surface area contributed by atoms with Gasteiger partial charge in [-0.25, -0.2) is 9.78 Å². The van der Waals surface area contributed by atoms with Crippen LogP contribution in [0.5, 0.6) is 5.75 Å². The maximum Gasteiger partial charge on any atom is 0.357 e. The summed E-state index contributed by atoms with van der Waals surface area (Å²) >= 11 is 5.94. The van der Waals surface area contributed by atoms with E-state index in [1.54, 1.807) is 19.1 Å². The molecule has 1 heterocycles. The van der Waals surface area contributed by atoms with E-state index in [1.165, 1.54) is 5.56 Å². The van der Waals surface area contributed by atoms with Crippen molar-refractivity contribution in [2.75, 3.05) is 6.61 Å². The van der Waals surface area contributed by atoms with Gasteiger partial charge in [-0.1, -0.05) is 41.9 Å². The number of rotatable bonds is 6. The molecule has 2 aromatic rings. The minimum atomic E-state index is -0.509. The van der Waals surface area contributed by atoms with Crippen molar-refractivity contribution in [1.29, 1.82) is 0 Å². The lowest BCUT2D eigenvalue weighted by molar-refractivity contribution is 0.0518. The molecule has 0 fully saturated rings. The van der Waals surface area contributed by atoms with Crippen LogP contribution in [0.15, 0.2) is 42.5 Å². The third kappa shape index (κ3) is 4.74. The van der Waals surface area contributed by atoms with Crippen LogP contribution in [0.4, 0.5) is 0 Å². The molecule has 116 valence electrons. The smallest absolute Gasteiger partial charge is 0.357 e. The molecule has 0 bridgehead atoms. The van der Waals surface area contributed by atoms with Crippen LogP contribution in [-0.2, 0) is 11.2 Å². The Labute approximate surface area is 135 Å². The molecule has 1 aromatic heterocycles. The fourth-order valence-corrected chi connectivity index (χ4v) is 2.27. The number of halogens is 1. The van der Waals surface area contributed by atoms with Crippen molar-refractivity contribution in [1.82, 2.24) is 4.98 Å². The van der Waals surface area contributed by atoms with E-state index in [2.05, 4.69) is 4.98 Å². The van der Waals surface area contributed by atoms with Gasteiger partial charge in [0.25, 0.3) is 0 Å². The molecule has 0 aliphatic heterocycles. The summed E-state index contributed by atoms with van der Waals surface area (Å²) in [5.74, 6) is -0.00273. The molecule has 0 radical (unpaired) electrons. The molecular formula is C17H18ClNO3. The number of aromatic nitrogens is 1. The minimum Gasteiger partial charge on any atom is -0.490 e. The third-order valence-corrected chi connectivity index (χ3v) is 3.15. The van der Waals surface area contributed by atoms with Gasteiger partial charge >= 0.3 is 5.97 Å². The number of benzene rings is 1. The molecule has 0 aliphatic rings. The molecule has 0 amide bonds. The first kappa shape index (κ1) is 16.3. The van der Waals surface area contributed by atoms with Crippen LogP contribution in [0.25, 0.3) is 0 Å². The normalized spacial score (nSPS) is 11.8. The predicted octanol–water partition coefficient (Wildman–Crippen LogP) is 3.92. The second-order valence-corrected chi connectivity index (χ2v) is 5.24. The van der Waals surface area contributed by atoms with E-state index in [-0.39, 0.29) is 23.6 Å². The standard InChI is InChI=1S/C17H18ClNO3/c1-3-21-17(20)15-10-14(11-16(18)19-15)22-12(2)9-13-7-5-4-6-8-13/h4-8,10-12H,3,9H2,1-2H3/t12-/m0/s1. The maximum atomic E-state index is 11.7. The monoisotopic (exact) mass is 319 g/mol. The van der Waals surface area contributed by atoms with Gasteiger partial charge in [-0.3, -0.25) is 0 Å². The SMILES string of the molecule is CCOC(=O)c1cc(O[C@@H](C)Cc2ccccc2)cc(Cl)n1. The van der Waals surface area contributed by atoms with Crippen molar-refractivity contribution < 1.29 is 14.3 Å². The highest BCUT2D eigenvalue weighted by molar-refractivity contribution is 6.29. The van der Waals surface area contributed by atoms with Crippen molar-refractivity contribution in [2.24, 2.45) is 0 Å². The summed E-state index contributed by atoms with van der Waals surface area (Å²) in [5.41, 5.74) is 1.33. The molecule has 0 saturated carbocycles. The fourth-order valence-electron chi connectivity index (χ4n) is 2.07. The fraction of sp³-hybridized carbons (Fsp3) is 0.294. The molecule has 4 nitrogen and oxygen atoms in total. The zero-order chi connectivity index (χ0) is 15.9. The number of hydrogen-bond donors (Lipinski definition) is 0. The van der Waals surface area contributed by atoms with Gasteiger partial charge in [-0.2, -0.15) is 0 Å². The molecule has 0 unspecified atom stereocenters. The quantitative estimate of drug-likeness (QED) is 0.598. The number of carbonyl (C=O) groups excluding carboxylic acids is 1. The van der Waals surface area contributed by atoms with Crippen molar-refractivity contribution in [3.8, 4) is 5.75 Å². The average Bonchev–Trinajstić information content (AvgIpc) is 2.47. The molecule has 22 heavy (non-hydrogen) atoms. The number of pyridine rings is 1. The largest absolute Gasteiger partial charge is 0.490 e. The number of ether oxygens (including phenoxy) is 2. The summed E-state index contributed by atoms with van der Waals surface area (Å²) in [5, 5.41) is 0.201. The Kier molecular flexibility index (Phi) is 5.78. The molecule has 2 rings (SSSR count). The van der Waals surface area contributed by atoms with Gasteiger partial charge in [0.15, 0.2) is 5.69 Å². The number of esters is 1. The van der Waals surface area contributed by atoms with E-state index in [1.807, 2.05) is 37.3 Å². The van der Waals surface area contributed by atoms with Crippen LogP contribution in [0.2, 0.25) is 5.15 Å². The highest BCUT2D eigenvalue weighted by atomic mass is 35.5. The second kappa shape index (κ2) is 7.80. The first-order chi connectivity index (χ1) is 10.6. The predicted molar refractivity (Wildman–Crippen MR) is 85.4 cm³/mol. The Morgan fingerprint density at radius 1 is 1.27 bits per heavy atom. The molecule has 5 heteroatoms. The molecule has 0 aliphatic carbocycles. The van der Waals surface area contributed by atoms with Crippen LogP contribution in [-0.4, -0.2) is 23.7 Å². The average molecular weight is 320 g/mol. The van der Waals surface area contributed by atoms with E-state index in [4.69, 9.17) is 21.1 Å². The first-order valence-electron chi connectivity index (χ1n) is 7.13. The molecule has 1 aromatic carbocycles. The Morgan fingerprint density at radius 2 is 2.00 bits per heavy atom. The van der Waals surface area contributed by atoms with Crippen molar-refractivity contribution in [3.05, 3.63) is 58.9 Å². The zero-order valence-electron chi connectivity index (χ0n) is 12.6. The topological polar surface area (TPSA) is 48.4 Å². The van der Waals surface area contributed by atoms with Crippen LogP contribution < -0.4 is 4.74 Å². The molecule has 0 saturated heterocycles. The molecule has 1 atom stereocenters. The third-order valence-electron chi connectivity index (χ3n) is 2.96.